The number of thioether (sulfide) groups is 1. The van der Waals surface area contributed by atoms with Crippen LogP contribution in [0.4, 0.5) is 14.9 Å². The molecule has 0 aliphatic carbocycles. The fraction of sp³-hybridized carbons (Fsp3) is 0.154. The van der Waals surface area contributed by atoms with E-state index in [1.54, 1.807) is 18.2 Å². The first-order valence-corrected chi connectivity index (χ1v) is 11.9. The Kier molecular flexibility index (Phi) is 8.12. The number of benzene rings is 2. The first-order valence-electron chi connectivity index (χ1n) is 11.1. The van der Waals surface area contributed by atoms with E-state index in [1.807, 2.05) is 0 Å². The zero-order chi connectivity index (χ0) is 27.2. The van der Waals surface area contributed by atoms with Crippen molar-refractivity contribution in [3.8, 4) is 11.5 Å². The van der Waals surface area contributed by atoms with Gasteiger partial charge in [-0.1, -0.05) is 6.07 Å². The SMILES string of the molecule is COC(=O)c1ccc(CN2C(=O)S/C(=C/c3ccc(OCC(=O)Nc4ccc(F)cc4)c(OC)c3)C2=O)o1. The number of esters is 1. The van der Waals surface area contributed by atoms with Crippen LogP contribution < -0.4 is 14.8 Å². The lowest BCUT2D eigenvalue weighted by molar-refractivity contribution is -0.123. The fourth-order valence-electron chi connectivity index (χ4n) is 3.38. The van der Waals surface area contributed by atoms with Crippen molar-refractivity contribution in [3.05, 3.63) is 82.4 Å². The maximum Gasteiger partial charge on any atom is 0.373 e. The van der Waals surface area contributed by atoms with Gasteiger partial charge in [-0.25, -0.2) is 9.18 Å². The summed E-state index contributed by atoms with van der Waals surface area (Å²) in [6.07, 6.45) is 1.53. The predicted octanol–water partition coefficient (Wildman–Crippen LogP) is 4.47. The molecule has 2 heterocycles. The van der Waals surface area contributed by atoms with Gasteiger partial charge in [0.25, 0.3) is 17.1 Å². The molecule has 0 bridgehead atoms. The van der Waals surface area contributed by atoms with Crippen LogP contribution in [0.5, 0.6) is 11.5 Å². The van der Waals surface area contributed by atoms with Gasteiger partial charge in [0.1, 0.15) is 11.6 Å². The lowest BCUT2D eigenvalue weighted by atomic mass is 10.2. The van der Waals surface area contributed by atoms with Gasteiger partial charge in [-0.3, -0.25) is 19.3 Å². The molecule has 0 radical (unpaired) electrons. The molecule has 1 saturated heterocycles. The van der Waals surface area contributed by atoms with Gasteiger partial charge in [-0.05, 0) is 71.9 Å². The molecule has 2 aromatic carbocycles. The molecular formula is C26H21FN2O8S. The van der Waals surface area contributed by atoms with Gasteiger partial charge in [0.05, 0.1) is 25.7 Å². The van der Waals surface area contributed by atoms with Crippen LogP contribution in [0.25, 0.3) is 6.08 Å². The highest BCUT2D eigenvalue weighted by Gasteiger charge is 2.35. The molecule has 1 aliphatic heterocycles. The molecule has 3 aromatic rings. The van der Waals surface area contributed by atoms with Crippen LogP contribution >= 0.6 is 11.8 Å². The van der Waals surface area contributed by atoms with E-state index in [0.29, 0.717) is 17.0 Å². The third-order valence-electron chi connectivity index (χ3n) is 5.21. The van der Waals surface area contributed by atoms with E-state index >= 15 is 0 Å². The fourth-order valence-corrected chi connectivity index (χ4v) is 4.22. The Labute approximate surface area is 220 Å². The van der Waals surface area contributed by atoms with Crippen molar-refractivity contribution < 1.29 is 42.2 Å². The van der Waals surface area contributed by atoms with Crippen molar-refractivity contribution in [3.63, 3.8) is 0 Å². The van der Waals surface area contributed by atoms with Crippen LogP contribution in [-0.4, -0.2) is 48.7 Å². The highest BCUT2D eigenvalue weighted by molar-refractivity contribution is 8.18. The number of carbonyl (C=O) groups is 4. The Balaban J connectivity index is 1.40. The van der Waals surface area contributed by atoms with Crippen LogP contribution in [0.2, 0.25) is 0 Å². The Morgan fingerprint density at radius 2 is 1.82 bits per heavy atom. The average molecular weight is 541 g/mol. The zero-order valence-corrected chi connectivity index (χ0v) is 21.0. The minimum atomic E-state index is -0.667. The van der Waals surface area contributed by atoms with Gasteiger partial charge in [0, 0.05) is 5.69 Å². The Bertz CT molecular complexity index is 1420. The number of halogens is 1. The molecule has 3 amide bonds. The normalized spacial score (nSPS) is 14.1. The summed E-state index contributed by atoms with van der Waals surface area (Å²) in [7, 11) is 2.64. The Hall–Kier alpha value is -4.58. The van der Waals surface area contributed by atoms with Crippen LogP contribution in [0.1, 0.15) is 21.9 Å². The molecule has 1 aliphatic rings. The van der Waals surface area contributed by atoms with E-state index < -0.39 is 28.8 Å². The van der Waals surface area contributed by atoms with Crippen LogP contribution in [0, 0.1) is 5.82 Å². The molecule has 10 nitrogen and oxygen atoms in total. The number of rotatable bonds is 9. The molecule has 1 aromatic heterocycles. The van der Waals surface area contributed by atoms with Crippen LogP contribution in [0.3, 0.4) is 0 Å². The molecule has 1 N–H and O–H groups in total. The Morgan fingerprint density at radius 1 is 1.05 bits per heavy atom. The van der Waals surface area contributed by atoms with Crippen molar-refractivity contribution in [2.75, 3.05) is 26.1 Å². The smallest absolute Gasteiger partial charge is 0.373 e. The second-order valence-electron chi connectivity index (χ2n) is 7.78. The maximum absolute atomic E-state index is 13.0. The van der Waals surface area contributed by atoms with E-state index in [1.165, 1.54) is 56.7 Å². The summed E-state index contributed by atoms with van der Waals surface area (Å²) < 4.78 is 33.8. The largest absolute Gasteiger partial charge is 0.493 e. The second kappa shape index (κ2) is 11.6. The summed E-state index contributed by atoms with van der Waals surface area (Å²) >= 11 is 0.764. The van der Waals surface area contributed by atoms with Gasteiger partial charge in [-0.15, -0.1) is 0 Å². The Morgan fingerprint density at radius 3 is 2.53 bits per heavy atom. The minimum absolute atomic E-state index is 0.0349. The highest BCUT2D eigenvalue weighted by Crippen LogP contribution is 2.35. The van der Waals surface area contributed by atoms with E-state index in [0.717, 1.165) is 16.7 Å². The first kappa shape index (κ1) is 26.5. The number of nitrogens with zero attached hydrogens (tertiary/aromatic N) is 1. The number of carbonyl (C=O) groups excluding carboxylic acids is 4. The molecule has 196 valence electrons. The van der Waals surface area contributed by atoms with E-state index in [9.17, 15) is 23.6 Å². The third kappa shape index (κ3) is 6.21. The van der Waals surface area contributed by atoms with Crippen molar-refractivity contribution in [2.24, 2.45) is 0 Å². The van der Waals surface area contributed by atoms with E-state index in [-0.39, 0.29) is 35.3 Å². The number of amides is 3. The molecule has 4 rings (SSSR count). The van der Waals surface area contributed by atoms with Crippen molar-refractivity contribution in [2.45, 2.75) is 6.54 Å². The monoisotopic (exact) mass is 540 g/mol. The summed E-state index contributed by atoms with van der Waals surface area (Å²) in [5.41, 5.74) is 0.980. The van der Waals surface area contributed by atoms with E-state index in [2.05, 4.69) is 10.1 Å². The second-order valence-corrected chi connectivity index (χ2v) is 8.77. The molecular weight excluding hydrogens is 519 g/mol. The number of hydrogen-bond donors (Lipinski definition) is 1. The van der Waals surface area contributed by atoms with Crippen LogP contribution in [0.15, 0.2) is 63.9 Å². The topological polar surface area (TPSA) is 124 Å². The number of nitrogens with one attached hydrogen (secondary N) is 1. The van der Waals surface area contributed by atoms with Gasteiger partial charge in [0.2, 0.25) is 5.76 Å². The summed E-state index contributed by atoms with van der Waals surface area (Å²) in [5, 5.41) is 2.10. The lowest BCUT2D eigenvalue weighted by Gasteiger charge is -2.12. The van der Waals surface area contributed by atoms with Crippen molar-refractivity contribution in [1.29, 1.82) is 0 Å². The van der Waals surface area contributed by atoms with Crippen molar-refractivity contribution in [1.82, 2.24) is 4.90 Å². The molecule has 0 atom stereocenters. The highest BCUT2D eigenvalue weighted by atomic mass is 32.2. The standard InChI is InChI=1S/C26H21FN2O8S/c1-34-21-11-15(3-9-19(21)36-14-23(30)28-17-6-4-16(27)5-7-17)12-22-24(31)29(26(33)38-22)13-18-8-10-20(37-18)25(32)35-2/h3-12H,13-14H2,1-2H3,(H,28,30)/b22-12+. The van der Waals surface area contributed by atoms with Crippen molar-refractivity contribution >= 4 is 46.5 Å². The number of furan rings is 1. The summed E-state index contributed by atoms with van der Waals surface area (Å²) in [5.74, 6) is -1.25. The number of anilines is 1. The number of ether oxygens (including phenoxy) is 3. The molecule has 0 spiro atoms. The number of methoxy groups -OCH3 is 2. The predicted molar refractivity (Wildman–Crippen MR) is 135 cm³/mol. The number of imide groups is 1. The van der Waals surface area contributed by atoms with Gasteiger partial charge < -0.3 is 23.9 Å². The maximum atomic E-state index is 13.0. The zero-order valence-electron chi connectivity index (χ0n) is 20.2. The summed E-state index contributed by atoms with van der Waals surface area (Å²) in [6, 6.07) is 13.0. The molecule has 38 heavy (non-hydrogen) atoms. The summed E-state index contributed by atoms with van der Waals surface area (Å²) in [6.45, 7) is -0.467. The van der Waals surface area contributed by atoms with E-state index in [4.69, 9.17) is 13.9 Å². The third-order valence-corrected chi connectivity index (χ3v) is 6.12. The van der Waals surface area contributed by atoms with Crippen LogP contribution in [-0.2, 0) is 20.9 Å². The first-order chi connectivity index (χ1) is 18.3. The minimum Gasteiger partial charge on any atom is -0.493 e. The molecule has 1 fully saturated rings. The average Bonchev–Trinajstić information content (AvgIpc) is 3.49. The van der Waals surface area contributed by atoms with Gasteiger partial charge >= 0.3 is 5.97 Å². The lowest BCUT2D eigenvalue weighted by Crippen LogP contribution is -2.27. The summed E-state index contributed by atoms with van der Waals surface area (Å²) in [4.78, 5) is 50.2. The van der Waals surface area contributed by atoms with Gasteiger partial charge in [-0.2, -0.15) is 0 Å². The van der Waals surface area contributed by atoms with Gasteiger partial charge in [0.15, 0.2) is 18.1 Å². The quantitative estimate of drug-likeness (QED) is 0.309. The number of hydrogen-bond acceptors (Lipinski definition) is 9. The molecule has 0 saturated carbocycles. The molecule has 12 heteroatoms. The molecule has 0 unspecified atom stereocenters.